The molecule has 2 nitrogen and oxygen atoms in total. The van der Waals surface area contributed by atoms with Crippen LogP contribution in [0, 0.1) is 0 Å². The molecule has 1 fully saturated rings. The van der Waals surface area contributed by atoms with Crippen molar-refractivity contribution < 1.29 is 5.11 Å². The van der Waals surface area contributed by atoms with E-state index in [-0.39, 0.29) is 5.41 Å². The molecule has 1 atom stereocenters. The van der Waals surface area contributed by atoms with Crippen LogP contribution in [-0.2, 0) is 5.41 Å². The first-order valence-electron chi connectivity index (χ1n) is 6.78. The minimum atomic E-state index is 0.167. The summed E-state index contributed by atoms with van der Waals surface area (Å²) in [7, 11) is 0. The molecule has 0 spiro atoms. The second-order valence-electron chi connectivity index (χ2n) is 5.18. The summed E-state index contributed by atoms with van der Waals surface area (Å²) in [5.41, 5.74) is 1.31. The summed E-state index contributed by atoms with van der Waals surface area (Å²) >= 11 is 0. The molecule has 1 aromatic carbocycles. The van der Waals surface area contributed by atoms with Crippen molar-refractivity contribution in [2.24, 2.45) is 0 Å². The quantitative estimate of drug-likeness (QED) is 0.765. The van der Waals surface area contributed by atoms with Gasteiger partial charge >= 0.3 is 0 Å². The zero-order valence-electron chi connectivity index (χ0n) is 10.7. The Morgan fingerprint density at radius 2 is 2.12 bits per heavy atom. The van der Waals surface area contributed by atoms with Crippen molar-refractivity contribution in [1.29, 1.82) is 0 Å². The van der Waals surface area contributed by atoms with Crippen LogP contribution in [0.3, 0.4) is 0 Å². The van der Waals surface area contributed by atoms with Gasteiger partial charge in [0.15, 0.2) is 0 Å². The zero-order valence-corrected chi connectivity index (χ0v) is 10.7. The smallest absolute Gasteiger partial charge is 0.119 e. The summed E-state index contributed by atoms with van der Waals surface area (Å²) in [6.45, 7) is 4.31. The van der Waals surface area contributed by atoms with Gasteiger partial charge in [-0.3, -0.25) is 0 Å². The average Bonchev–Trinajstić information content (AvgIpc) is 2.80. The molecule has 0 aliphatic carbocycles. The maximum atomic E-state index is 10.1. The highest BCUT2D eigenvalue weighted by Crippen LogP contribution is 2.40. The highest BCUT2D eigenvalue weighted by molar-refractivity contribution is 5.39. The van der Waals surface area contributed by atoms with Gasteiger partial charge in [-0.25, -0.2) is 0 Å². The largest absolute Gasteiger partial charge is 0.508 e. The van der Waals surface area contributed by atoms with E-state index in [0.717, 1.165) is 25.1 Å². The van der Waals surface area contributed by atoms with Crippen molar-refractivity contribution in [2.75, 3.05) is 13.1 Å². The van der Waals surface area contributed by atoms with E-state index in [9.17, 15) is 5.11 Å². The van der Waals surface area contributed by atoms with Gasteiger partial charge in [-0.1, -0.05) is 44.4 Å². The highest BCUT2D eigenvalue weighted by Gasteiger charge is 2.36. The third-order valence-electron chi connectivity index (χ3n) is 3.98. The number of phenols is 1. The standard InChI is InChI=1S/C15H23NO/c1-2-3-6-9-15(10-11-16-12-15)13-7-4-5-8-14(13)17/h4-5,7-8,16-17H,2-3,6,9-12H2,1H3. The highest BCUT2D eigenvalue weighted by atomic mass is 16.3. The van der Waals surface area contributed by atoms with Gasteiger partial charge in [0.05, 0.1) is 0 Å². The Kier molecular flexibility index (Phi) is 4.06. The Morgan fingerprint density at radius 1 is 1.29 bits per heavy atom. The Hall–Kier alpha value is -1.02. The van der Waals surface area contributed by atoms with E-state index in [1.165, 1.54) is 25.7 Å². The third kappa shape index (κ3) is 2.63. The van der Waals surface area contributed by atoms with E-state index in [1.54, 1.807) is 0 Å². The Morgan fingerprint density at radius 3 is 2.76 bits per heavy atom. The van der Waals surface area contributed by atoms with E-state index < -0.39 is 0 Å². The number of para-hydroxylation sites is 1. The maximum Gasteiger partial charge on any atom is 0.119 e. The molecular formula is C15H23NO. The monoisotopic (exact) mass is 233 g/mol. The summed E-state index contributed by atoms with van der Waals surface area (Å²) in [5.74, 6) is 0.465. The van der Waals surface area contributed by atoms with Crippen LogP contribution in [-0.4, -0.2) is 18.2 Å². The number of aromatic hydroxyl groups is 1. The van der Waals surface area contributed by atoms with Crippen LogP contribution >= 0.6 is 0 Å². The normalized spacial score (nSPS) is 24.1. The van der Waals surface area contributed by atoms with Gasteiger partial charge in [-0.2, -0.15) is 0 Å². The first-order valence-corrected chi connectivity index (χ1v) is 6.78. The molecule has 1 aliphatic rings. The fourth-order valence-corrected chi connectivity index (χ4v) is 2.96. The fourth-order valence-electron chi connectivity index (χ4n) is 2.96. The van der Waals surface area contributed by atoms with E-state index >= 15 is 0 Å². The van der Waals surface area contributed by atoms with Crippen molar-refractivity contribution in [3.8, 4) is 5.75 Å². The van der Waals surface area contributed by atoms with E-state index in [1.807, 2.05) is 18.2 Å². The number of unbranched alkanes of at least 4 members (excludes halogenated alkanes) is 2. The number of rotatable bonds is 5. The SMILES string of the molecule is CCCCCC1(c2ccccc2O)CCNC1. The molecule has 0 amide bonds. The Balaban J connectivity index is 2.19. The molecule has 1 saturated heterocycles. The van der Waals surface area contributed by atoms with Crippen LogP contribution in [0.4, 0.5) is 0 Å². The second-order valence-corrected chi connectivity index (χ2v) is 5.18. The number of benzene rings is 1. The van der Waals surface area contributed by atoms with Crippen LogP contribution in [0.1, 0.15) is 44.6 Å². The maximum absolute atomic E-state index is 10.1. The van der Waals surface area contributed by atoms with Gasteiger partial charge in [0, 0.05) is 17.5 Å². The molecule has 17 heavy (non-hydrogen) atoms. The second kappa shape index (κ2) is 5.54. The summed E-state index contributed by atoms with van der Waals surface area (Å²) < 4.78 is 0. The van der Waals surface area contributed by atoms with Crippen LogP contribution in [0.15, 0.2) is 24.3 Å². The molecule has 1 heterocycles. The molecule has 2 N–H and O–H groups in total. The number of phenolic OH excluding ortho intramolecular Hbond substituents is 1. The zero-order chi connectivity index (χ0) is 12.1. The predicted molar refractivity (Wildman–Crippen MR) is 71.4 cm³/mol. The van der Waals surface area contributed by atoms with Crippen molar-refractivity contribution in [3.05, 3.63) is 29.8 Å². The minimum absolute atomic E-state index is 0.167. The van der Waals surface area contributed by atoms with E-state index in [4.69, 9.17) is 0 Å². The molecular weight excluding hydrogens is 210 g/mol. The van der Waals surface area contributed by atoms with Crippen molar-refractivity contribution in [1.82, 2.24) is 5.32 Å². The van der Waals surface area contributed by atoms with Crippen LogP contribution in [0.5, 0.6) is 5.75 Å². The van der Waals surface area contributed by atoms with Crippen molar-refractivity contribution in [2.45, 2.75) is 44.4 Å². The number of hydrogen-bond acceptors (Lipinski definition) is 2. The third-order valence-corrected chi connectivity index (χ3v) is 3.98. The lowest BCUT2D eigenvalue weighted by Gasteiger charge is -2.29. The molecule has 1 aromatic rings. The van der Waals surface area contributed by atoms with Gasteiger partial charge in [0.2, 0.25) is 0 Å². The van der Waals surface area contributed by atoms with Crippen molar-refractivity contribution in [3.63, 3.8) is 0 Å². The summed E-state index contributed by atoms with van der Waals surface area (Å²) in [6, 6.07) is 7.85. The van der Waals surface area contributed by atoms with E-state index in [2.05, 4.69) is 18.3 Å². The summed E-state index contributed by atoms with van der Waals surface area (Å²) in [5, 5.41) is 13.5. The Bertz CT molecular complexity index is 356. The Labute approximate surface area is 104 Å². The lowest BCUT2D eigenvalue weighted by molar-refractivity contribution is 0.381. The molecule has 0 aromatic heterocycles. The lowest BCUT2D eigenvalue weighted by Crippen LogP contribution is -2.29. The van der Waals surface area contributed by atoms with Crippen LogP contribution in [0.25, 0.3) is 0 Å². The summed E-state index contributed by atoms with van der Waals surface area (Å²) in [4.78, 5) is 0. The predicted octanol–water partition coefficient (Wildman–Crippen LogP) is 3.20. The van der Waals surface area contributed by atoms with Crippen molar-refractivity contribution >= 4 is 0 Å². The van der Waals surface area contributed by atoms with Gasteiger partial charge in [0.1, 0.15) is 5.75 Å². The molecule has 0 bridgehead atoms. The van der Waals surface area contributed by atoms with Crippen LogP contribution < -0.4 is 5.32 Å². The first kappa shape index (κ1) is 12.4. The van der Waals surface area contributed by atoms with Gasteiger partial charge in [-0.05, 0) is 25.5 Å². The molecule has 94 valence electrons. The topological polar surface area (TPSA) is 32.3 Å². The molecule has 1 aliphatic heterocycles. The fraction of sp³-hybridized carbons (Fsp3) is 0.600. The number of hydrogen-bond donors (Lipinski definition) is 2. The van der Waals surface area contributed by atoms with E-state index in [0.29, 0.717) is 5.75 Å². The lowest BCUT2D eigenvalue weighted by atomic mass is 9.75. The molecule has 0 radical (unpaired) electrons. The summed E-state index contributed by atoms with van der Waals surface area (Å²) in [6.07, 6.45) is 6.13. The van der Waals surface area contributed by atoms with Crippen LogP contribution in [0.2, 0.25) is 0 Å². The molecule has 2 rings (SSSR count). The minimum Gasteiger partial charge on any atom is -0.508 e. The van der Waals surface area contributed by atoms with Gasteiger partial charge in [0.25, 0.3) is 0 Å². The molecule has 2 heteroatoms. The molecule has 0 saturated carbocycles. The first-order chi connectivity index (χ1) is 8.28. The average molecular weight is 233 g/mol. The molecule has 1 unspecified atom stereocenters. The number of nitrogens with one attached hydrogen (secondary N) is 1. The van der Waals surface area contributed by atoms with Gasteiger partial charge in [-0.15, -0.1) is 0 Å². The van der Waals surface area contributed by atoms with Gasteiger partial charge < -0.3 is 10.4 Å².